The summed E-state index contributed by atoms with van der Waals surface area (Å²) in [7, 11) is 0. The molecule has 1 aliphatic heterocycles. The van der Waals surface area contributed by atoms with E-state index < -0.39 is 6.10 Å². The van der Waals surface area contributed by atoms with E-state index in [4.69, 9.17) is 15.7 Å². The highest BCUT2D eigenvalue weighted by atomic mass is 16.5. The summed E-state index contributed by atoms with van der Waals surface area (Å²) >= 11 is 0. The maximum absolute atomic E-state index is 12.0. The first-order valence-corrected chi connectivity index (χ1v) is 5.60. The van der Waals surface area contributed by atoms with Gasteiger partial charge in [0.1, 0.15) is 6.10 Å². The summed E-state index contributed by atoms with van der Waals surface area (Å²) in [5.41, 5.74) is 5.47. The number of hydrogen-bond acceptors (Lipinski definition) is 4. The van der Waals surface area contributed by atoms with Crippen LogP contribution in [0.25, 0.3) is 0 Å². The fraction of sp³-hybridized carbons (Fsp3) is 0.800. The van der Waals surface area contributed by atoms with Gasteiger partial charge in [0.05, 0.1) is 13.2 Å². The van der Waals surface area contributed by atoms with Crippen molar-refractivity contribution in [1.82, 2.24) is 4.90 Å². The van der Waals surface area contributed by atoms with E-state index in [-0.39, 0.29) is 17.7 Å². The lowest BCUT2D eigenvalue weighted by Crippen LogP contribution is -2.52. The zero-order valence-corrected chi connectivity index (χ0v) is 9.13. The third kappa shape index (κ3) is 2.11. The topological polar surface area (TPSA) is 88.2 Å². The molecule has 90 valence electrons. The van der Waals surface area contributed by atoms with Gasteiger partial charge < -0.3 is 20.6 Å². The van der Waals surface area contributed by atoms with Crippen LogP contribution in [0.1, 0.15) is 19.3 Å². The average Bonchev–Trinajstić information content (AvgIpc) is 2.26. The third-order valence-corrected chi connectivity index (χ3v) is 3.28. The average molecular weight is 227 g/mol. The maximum atomic E-state index is 12.0. The first-order valence-electron chi connectivity index (χ1n) is 5.60. The molecule has 6 nitrogen and oxygen atoms in total. The lowest BCUT2D eigenvalue weighted by molar-refractivity contribution is -0.143. The van der Waals surface area contributed by atoms with Crippen molar-refractivity contribution in [2.75, 3.05) is 19.7 Å². The van der Waals surface area contributed by atoms with Gasteiger partial charge in [0.25, 0.3) is 0 Å². The highest BCUT2D eigenvalue weighted by Gasteiger charge is 2.33. The predicted molar refractivity (Wildman–Crippen MR) is 57.1 cm³/mol. The quantitative estimate of drug-likeness (QED) is 0.295. The van der Waals surface area contributed by atoms with E-state index in [1.54, 1.807) is 4.90 Å². The molecule has 2 fully saturated rings. The molecule has 2 aliphatic rings. The van der Waals surface area contributed by atoms with Crippen molar-refractivity contribution >= 4 is 11.7 Å². The van der Waals surface area contributed by atoms with Crippen LogP contribution < -0.4 is 5.73 Å². The summed E-state index contributed by atoms with van der Waals surface area (Å²) < 4.78 is 5.33. The number of ether oxygens (including phenoxy) is 1. The second kappa shape index (κ2) is 4.69. The molecule has 0 radical (unpaired) electrons. The molecule has 2 rings (SSSR count). The van der Waals surface area contributed by atoms with Gasteiger partial charge in [0.15, 0.2) is 5.84 Å². The molecule has 3 N–H and O–H groups in total. The van der Waals surface area contributed by atoms with Crippen molar-refractivity contribution in [1.29, 1.82) is 0 Å². The van der Waals surface area contributed by atoms with Crippen LogP contribution >= 0.6 is 0 Å². The van der Waals surface area contributed by atoms with E-state index in [1.807, 2.05) is 0 Å². The highest BCUT2D eigenvalue weighted by molar-refractivity contribution is 5.86. The van der Waals surface area contributed by atoms with Gasteiger partial charge in [-0.25, -0.2) is 0 Å². The molecule has 1 atom stereocenters. The molecule has 0 bridgehead atoms. The summed E-state index contributed by atoms with van der Waals surface area (Å²) in [5, 5.41) is 11.5. The zero-order chi connectivity index (χ0) is 11.5. The van der Waals surface area contributed by atoms with Crippen LogP contribution in [0.5, 0.6) is 0 Å². The molecular weight excluding hydrogens is 210 g/mol. The molecule has 1 unspecified atom stereocenters. The van der Waals surface area contributed by atoms with Crippen LogP contribution in [0.3, 0.4) is 0 Å². The lowest BCUT2D eigenvalue weighted by atomic mass is 9.84. The first kappa shape index (κ1) is 11.2. The van der Waals surface area contributed by atoms with Gasteiger partial charge in [-0.3, -0.25) is 4.79 Å². The van der Waals surface area contributed by atoms with E-state index in [0.29, 0.717) is 19.7 Å². The van der Waals surface area contributed by atoms with Crippen molar-refractivity contribution in [2.24, 2.45) is 16.8 Å². The smallest absolute Gasteiger partial charge is 0.225 e. The largest absolute Gasteiger partial charge is 0.409 e. The van der Waals surface area contributed by atoms with E-state index in [2.05, 4.69) is 5.16 Å². The van der Waals surface area contributed by atoms with Gasteiger partial charge in [-0.15, -0.1) is 0 Å². The molecule has 0 aromatic carbocycles. The van der Waals surface area contributed by atoms with Gasteiger partial charge in [0.2, 0.25) is 5.91 Å². The first-order chi connectivity index (χ1) is 7.72. The van der Waals surface area contributed by atoms with E-state index in [0.717, 1.165) is 19.3 Å². The predicted octanol–water partition coefficient (Wildman–Crippen LogP) is -0.240. The number of rotatable bonds is 2. The summed E-state index contributed by atoms with van der Waals surface area (Å²) in [6.45, 7) is 1.44. The maximum Gasteiger partial charge on any atom is 0.225 e. The Bertz CT molecular complexity index is 302. The molecule has 16 heavy (non-hydrogen) atoms. The Morgan fingerprint density at radius 3 is 2.81 bits per heavy atom. The molecule has 1 saturated carbocycles. The Balaban J connectivity index is 1.93. The third-order valence-electron chi connectivity index (χ3n) is 3.28. The monoisotopic (exact) mass is 227 g/mol. The SMILES string of the molecule is NC(=NO)C1CN(C(=O)C2CCC2)CCO1. The number of hydrogen-bond donors (Lipinski definition) is 2. The van der Waals surface area contributed by atoms with Crippen LogP contribution in [0.15, 0.2) is 5.16 Å². The molecule has 1 aliphatic carbocycles. The van der Waals surface area contributed by atoms with Gasteiger partial charge in [0, 0.05) is 12.5 Å². The molecular formula is C10H17N3O3. The fourth-order valence-electron chi connectivity index (χ4n) is 2.01. The second-order valence-electron chi connectivity index (χ2n) is 4.30. The van der Waals surface area contributed by atoms with Crippen LogP contribution in [0, 0.1) is 5.92 Å². The van der Waals surface area contributed by atoms with Gasteiger partial charge in [-0.05, 0) is 12.8 Å². The van der Waals surface area contributed by atoms with Crippen molar-refractivity contribution in [3.8, 4) is 0 Å². The normalized spacial score (nSPS) is 27.6. The van der Waals surface area contributed by atoms with Gasteiger partial charge in [-0.1, -0.05) is 11.6 Å². The van der Waals surface area contributed by atoms with Crippen LogP contribution in [0.2, 0.25) is 0 Å². The molecule has 1 heterocycles. The number of carbonyl (C=O) groups is 1. The molecule has 0 aromatic rings. The fourth-order valence-corrected chi connectivity index (χ4v) is 2.01. The Morgan fingerprint density at radius 2 is 2.25 bits per heavy atom. The molecule has 6 heteroatoms. The Kier molecular flexibility index (Phi) is 3.28. The van der Waals surface area contributed by atoms with E-state index in [1.165, 1.54) is 0 Å². The number of nitrogens with zero attached hydrogens (tertiary/aromatic N) is 2. The van der Waals surface area contributed by atoms with Crippen molar-refractivity contribution in [2.45, 2.75) is 25.4 Å². The van der Waals surface area contributed by atoms with Gasteiger partial charge in [-0.2, -0.15) is 0 Å². The lowest BCUT2D eigenvalue weighted by Gasteiger charge is -2.36. The number of oxime groups is 1. The number of amides is 1. The number of morpholine rings is 1. The number of carbonyl (C=O) groups excluding carboxylic acids is 1. The Labute approximate surface area is 94.0 Å². The van der Waals surface area contributed by atoms with Crippen molar-refractivity contribution in [3.63, 3.8) is 0 Å². The van der Waals surface area contributed by atoms with Crippen molar-refractivity contribution < 1.29 is 14.7 Å². The standard InChI is InChI=1S/C10H17N3O3/c11-9(12-15)8-6-13(4-5-16-8)10(14)7-2-1-3-7/h7-8,15H,1-6H2,(H2,11,12). The molecule has 1 amide bonds. The Morgan fingerprint density at radius 1 is 1.50 bits per heavy atom. The minimum atomic E-state index is -0.470. The van der Waals surface area contributed by atoms with Crippen LogP contribution in [0.4, 0.5) is 0 Å². The summed E-state index contributed by atoms with van der Waals surface area (Å²) in [4.78, 5) is 13.7. The molecule has 0 aromatic heterocycles. The molecule has 1 saturated heterocycles. The summed E-state index contributed by atoms with van der Waals surface area (Å²) in [6, 6.07) is 0. The van der Waals surface area contributed by atoms with Crippen LogP contribution in [-0.4, -0.2) is 47.7 Å². The van der Waals surface area contributed by atoms with Gasteiger partial charge >= 0.3 is 0 Å². The molecule has 0 spiro atoms. The van der Waals surface area contributed by atoms with E-state index in [9.17, 15) is 4.79 Å². The van der Waals surface area contributed by atoms with Crippen molar-refractivity contribution in [3.05, 3.63) is 0 Å². The second-order valence-corrected chi connectivity index (χ2v) is 4.30. The van der Waals surface area contributed by atoms with Crippen LogP contribution in [-0.2, 0) is 9.53 Å². The van der Waals surface area contributed by atoms with E-state index >= 15 is 0 Å². The number of nitrogens with two attached hydrogens (primary N) is 1. The number of amidine groups is 1. The summed E-state index contributed by atoms with van der Waals surface area (Å²) in [6.07, 6.45) is 2.65. The minimum absolute atomic E-state index is 0.0334. The highest BCUT2D eigenvalue weighted by Crippen LogP contribution is 2.28. The zero-order valence-electron chi connectivity index (χ0n) is 9.13. The minimum Gasteiger partial charge on any atom is -0.409 e. The Hall–Kier alpha value is -1.30. The summed E-state index contributed by atoms with van der Waals surface area (Å²) in [5.74, 6) is 0.405.